The van der Waals surface area contributed by atoms with Crippen LogP contribution in [0.25, 0.3) is 100 Å². The molecule has 5 heteroatoms. The Morgan fingerprint density at radius 1 is 0.429 bits per heavy atom. The first-order valence-corrected chi connectivity index (χ1v) is 21.7. The van der Waals surface area contributed by atoms with Crippen molar-refractivity contribution in [3.05, 3.63) is 222 Å². The average Bonchev–Trinajstić information content (AvgIpc) is 4.08. The largest absolute Gasteiger partial charge is 0.456 e. The van der Waals surface area contributed by atoms with Gasteiger partial charge in [-0.05, 0) is 87.7 Å². The summed E-state index contributed by atoms with van der Waals surface area (Å²) >= 11 is 0. The van der Waals surface area contributed by atoms with Crippen LogP contribution in [0.5, 0.6) is 0 Å². The van der Waals surface area contributed by atoms with Gasteiger partial charge in [-0.3, -0.25) is 0 Å². The molecule has 0 unspecified atom stereocenters. The van der Waals surface area contributed by atoms with Gasteiger partial charge in [0.15, 0.2) is 17.5 Å². The maximum atomic E-state index is 6.30. The number of para-hydroxylation sites is 2. The summed E-state index contributed by atoms with van der Waals surface area (Å²) in [7, 11) is 0. The van der Waals surface area contributed by atoms with Crippen LogP contribution in [0.1, 0.15) is 40.9 Å². The van der Waals surface area contributed by atoms with Crippen LogP contribution < -0.4 is 0 Å². The van der Waals surface area contributed by atoms with Crippen molar-refractivity contribution in [2.45, 2.75) is 18.3 Å². The molecule has 0 bridgehead atoms. The van der Waals surface area contributed by atoms with Gasteiger partial charge < -0.3 is 8.98 Å². The number of furan rings is 1. The highest BCUT2D eigenvalue weighted by atomic mass is 16.3. The average molecular weight is 805 g/mol. The van der Waals surface area contributed by atoms with Gasteiger partial charge in [0.05, 0.1) is 16.4 Å². The van der Waals surface area contributed by atoms with Gasteiger partial charge in [0.25, 0.3) is 0 Å². The molecular weight excluding hydrogens is 769 g/mol. The fourth-order valence-electron chi connectivity index (χ4n) is 11.2. The Balaban J connectivity index is 0.961. The molecular formula is C58H36N4O. The number of rotatable bonds is 4. The summed E-state index contributed by atoms with van der Waals surface area (Å²) in [4.78, 5) is 15.4. The van der Waals surface area contributed by atoms with Crippen molar-refractivity contribution in [3.8, 4) is 45.0 Å². The first-order chi connectivity index (χ1) is 31.2. The van der Waals surface area contributed by atoms with Gasteiger partial charge >= 0.3 is 0 Å². The van der Waals surface area contributed by atoms with E-state index in [-0.39, 0.29) is 0 Å². The van der Waals surface area contributed by atoms with Gasteiger partial charge in [-0.15, -0.1) is 0 Å². The molecule has 63 heavy (non-hydrogen) atoms. The molecule has 11 aromatic rings. The highest BCUT2D eigenvalue weighted by Crippen LogP contribution is 2.64. The van der Waals surface area contributed by atoms with Crippen LogP contribution in [-0.4, -0.2) is 19.5 Å². The molecule has 0 atom stereocenters. The SMILES string of the molecule is C1=C(c2nc(-c3ccccc3)nc(-c3ccc4c(c3)oc3ccccc34)n2)CCC(n2c3ccccc3c3ccc4c(c32)-c2ccccc2C42c3ccccc3-c3ccccc32)=C1. The van der Waals surface area contributed by atoms with Gasteiger partial charge in [-0.1, -0.05) is 164 Å². The van der Waals surface area contributed by atoms with Gasteiger partial charge in [0.2, 0.25) is 0 Å². The van der Waals surface area contributed by atoms with Crippen molar-refractivity contribution in [1.29, 1.82) is 0 Å². The third-order valence-electron chi connectivity index (χ3n) is 13.8. The summed E-state index contributed by atoms with van der Waals surface area (Å²) in [6, 6.07) is 65.5. The minimum absolute atomic E-state index is 0.412. The normalized spacial score (nSPS) is 14.5. The summed E-state index contributed by atoms with van der Waals surface area (Å²) in [5.74, 6) is 1.96. The zero-order chi connectivity index (χ0) is 41.2. The van der Waals surface area contributed by atoms with Gasteiger partial charge in [0, 0.05) is 43.9 Å². The maximum absolute atomic E-state index is 6.30. The number of aromatic nitrogens is 4. The van der Waals surface area contributed by atoms with E-state index in [1.807, 2.05) is 36.4 Å². The topological polar surface area (TPSA) is 56.7 Å². The van der Waals surface area contributed by atoms with Crippen LogP contribution in [0.4, 0.5) is 0 Å². The zero-order valence-corrected chi connectivity index (χ0v) is 34.1. The molecule has 0 saturated heterocycles. The van der Waals surface area contributed by atoms with Crippen LogP contribution in [0, 0.1) is 0 Å². The quantitative estimate of drug-likeness (QED) is 0.178. The molecule has 14 rings (SSSR count). The Morgan fingerprint density at radius 3 is 1.79 bits per heavy atom. The van der Waals surface area contributed by atoms with Crippen molar-refractivity contribution >= 4 is 55.0 Å². The molecule has 0 radical (unpaired) electrons. The molecule has 1 spiro atoms. The number of benzene rings is 8. The van der Waals surface area contributed by atoms with E-state index >= 15 is 0 Å². The van der Waals surface area contributed by atoms with E-state index in [0.717, 1.165) is 51.5 Å². The molecule has 0 amide bonds. The summed E-state index contributed by atoms with van der Waals surface area (Å²) in [5, 5.41) is 4.70. The number of hydrogen-bond donors (Lipinski definition) is 0. The minimum Gasteiger partial charge on any atom is -0.456 e. The first kappa shape index (κ1) is 34.6. The highest BCUT2D eigenvalue weighted by molar-refractivity contribution is 6.17. The van der Waals surface area contributed by atoms with E-state index in [9.17, 15) is 0 Å². The lowest BCUT2D eigenvalue weighted by molar-refractivity contribution is 0.669. The molecule has 3 heterocycles. The monoisotopic (exact) mass is 804 g/mol. The molecule has 0 saturated carbocycles. The van der Waals surface area contributed by atoms with Crippen molar-refractivity contribution in [2.75, 3.05) is 0 Å². The van der Waals surface area contributed by atoms with E-state index in [1.54, 1.807) is 0 Å². The molecule has 5 nitrogen and oxygen atoms in total. The maximum Gasteiger partial charge on any atom is 0.164 e. The molecule has 0 aliphatic heterocycles. The third kappa shape index (κ3) is 4.74. The Labute approximate surface area is 363 Å². The standard InChI is InChI=1S/C58H36N4O/c1-2-14-35(15-3-1)55-59-56(61-57(60-55)37-28-31-43-42-19-8-13-25-51(42)63-52(43)34-37)36-26-29-38(30-27-36)62-50-24-12-7-18-41(50)44-32-33-49-53(54(44)62)45-20-6-11-23-48(45)58(49)46-21-9-4-16-39(46)40-17-5-10-22-47(40)58/h1-26,28-29,31-34H,27,30H2. The molecule has 3 aromatic heterocycles. The number of hydrogen-bond acceptors (Lipinski definition) is 4. The Morgan fingerprint density at radius 2 is 1.03 bits per heavy atom. The number of fused-ring (bicyclic) bond motifs is 17. The van der Waals surface area contributed by atoms with E-state index in [0.29, 0.717) is 17.5 Å². The zero-order valence-electron chi connectivity index (χ0n) is 34.1. The summed E-state index contributed by atoms with van der Waals surface area (Å²) in [6.45, 7) is 0. The second-order valence-corrected chi connectivity index (χ2v) is 17.0. The van der Waals surface area contributed by atoms with E-state index in [2.05, 4.69) is 162 Å². The molecule has 3 aliphatic rings. The predicted octanol–water partition coefficient (Wildman–Crippen LogP) is 14.3. The Bertz CT molecular complexity index is 3770. The van der Waals surface area contributed by atoms with E-state index in [4.69, 9.17) is 19.4 Å². The molecule has 8 aromatic carbocycles. The minimum atomic E-state index is -0.412. The van der Waals surface area contributed by atoms with Gasteiger partial charge in [0.1, 0.15) is 11.2 Å². The highest BCUT2D eigenvalue weighted by Gasteiger charge is 2.52. The second-order valence-electron chi connectivity index (χ2n) is 17.0. The number of nitrogens with zero attached hydrogens (tertiary/aromatic N) is 4. The lowest BCUT2D eigenvalue weighted by Crippen LogP contribution is -2.25. The Kier molecular flexibility index (Phi) is 7.09. The Hall–Kier alpha value is -8.15. The van der Waals surface area contributed by atoms with Crippen LogP contribution in [0.2, 0.25) is 0 Å². The summed E-state index contributed by atoms with van der Waals surface area (Å²) < 4.78 is 8.85. The van der Waals surface area contributed by atoms with Crippen LogP contribution >= 0.6 is 0 Å². The smallest absolute Gasteiger partial charge is 0.164 e. The predicted molar refractivity (Wildman–Crippen MR) is 255 cm³/mol. The molecule has 0 N–H and O–H groups in total. The van der Waals surface area contributed by atoms with E-state index in [1.165, 1.54) is 72.0 Å². The molecule has 3 aliphatic carbocycles. The second kappa shape index (κ2) is 12.9. The fourth-order valence-corrected chi connectivity index (χ4v) is 11.2. The fraction of sp³-hybridized carbons (Fsp3) is 0.0517. The van der Waals surface area contributed by atoms with Crippen molar-refractivity contribution in [1.82, 2.24) is 19.5 Å². The van der Waals surface area contributed by atoms with Crippen molar-refractivity contribution in [2.24, 2.45) is 0 Å². The lowest BCUT2D eigenvalue weighted by atomic mass is 9.70. The van der Waals surface area contributed by atoms with Crippen LogP contribution in [0.3, 0.4) is 0 Å². The number of allylic oxidation sites excluding steroid dienone is 4. The lowest BCUT2D eigenvalue weighted by Gasteiger charge is -2.30. The van der Waals surface area contributed by atoms with Crippen LogP contribution in [-0.2, 0) is 5.41 Å². The van der Waals surface area contributed by atoms with E-state index < -0.39 is 5.41 Å². The third-order valence-corrected chi connectivity index (χ3v) is 13.8. The molecule has 294 valence electrons. The summed E-state index contributed by atoms with van der Waals surface area (Å²) in [6.07, 6.45) is 6.12. The summed E-state index contributed by atoms with van der Waals surface area (Å²) in [5.41, 5.74) is 18.6. The van der Waals surface area contributed by atoms with Gasteiger partial charge in [-0.25, -0.2) is 15.0 Å². The molecule has 0 fully saturated rings. The van der Waals surface area contributed by atoms with Gasteiger partial charge in [-0.2, -0.15) is 0 Å². The first-order valence-electron chi connectivity index (χ1n) is 21.7. The van der Waals surface area contributed by atoms with Crippen molar-refractivity contribution < 1.29 is 4.42 Å². The van der Waals surface area contributed by atoms with Crippen molar-refractivity contribution in [3.63, 3.8) is 0 Å². The van der Waals surface area contributed by atoms with Crippen LogP contribution in [0.15, 0.2) is 199 Å².